The van der Waals surface area contributed by atoms with Gasteiger partial charge in [-0.2, -0.15) is 5.26 Å². The van der Waals surface area contributed by atoms with Crippen LogP contribution in [0.15, 0.2) is 53.0 Å². The quantitative estimate of drug-likeness (QED) is 0.266. The number of hydrogen-bond donors (Lipinski definition) is 1. The molecule has 1 amide bonds. The van der Waals surface area contributed by atoms with Gasteiger partial charge in [0.15, 0.2) is 0 Å². The van der Waals surface area contributed by atoms with Crippen LogP contribution in [0.1, 0.15) is 37.8 Å². The number of ether oxygens (including phenoxy) is 2. The first-order valence-corrected chi connectivity index (χ1v) is 13.0. The molecule has 1 unspecified atom stereocenters. The predicted octanol–water partition coefficient (Wildman–Crippen LogP) is 3.73. The zero-order valence-corrected chi connectivity index (χ0v) is 22.3. The largest absolute Gasteiger partial charge is 0.494 e. The molecule has 0 saturated carbocycles. The van der Waals surface area contributed by atoms with Crippen LogP contribution in [0.2, 0.25) is 0 Å². The highest BCUT2D eigenvalue weighted by atomic mass is 16.5. The number of hydrogen-bond acceptors (Lipinski definition) is 8. The third-order valence-electron chi connectivity index (χ3n) is 6.48. The van der Waals surface area contributed by atoms with Crippen molar-refractivity contribution in [3.8, 4) is 11.8 Å². The molecule has 0 bridgehead atoms. The molecule has 1 aromatic carbocycles. The van der Waals surface area contributed by atoms with Gasteiger partial charge in [0.1, 0.15) is 28.9 Å². The van der Waals surface area contributed by atoms with Gasteiger partial charge in [0.25, 0.3) is 11.5 Å². The fraction of sp³-hybridized carbons (Fsp3) is 0.345. The Morgan fingerprint density at radius 3 is 2.67 bits per heavy atom. The molecule has 0 aliphatic carbocycles. The zero-order chi connectivity index (χ0) is 27.9. The monoisotopic (exact) mass is 529 g/mol. The minimum atomic E-state index is -0.663. The lowest BCUT2D eigenvalue weighted by molar-refractivity contribution is -0.148. The maximum atomic E-state index is 13.7. The number of rotatable bonds is 8. The van der Waals surface area contributed by atoms with Crippen LogP contribution in [0.25, 0.3) is 11.7 Å². The number of aryl methyl sites for hydroxylation is 1. The van der Waals surface area contributed by atoms with Gasteiger partial charge in [-0.25, -0.2) is 4.98 Å². The van der Waals surface area contributed by atoms with Crippen LogP contribution in [-0.2, 0) is 14.3 Å². The van der Waals surface area contributed by atoms with E-state index in [-0.39, 0.29) is 29.6 Å². The Hall–Kier alpha value is -4.65. The molecule has 0 spiro atoms. The van der Waals surface area contributed by atoms with Gasteiger partial charge in [-0.1, -0.05) is 6.07 Å². The number of esters is 1. The van der Waals surface area contributed by atoms with Gasteiger partial charge < -0.3 is 19.7 Å². The van der Waals surface area contributed by atoms with E-state index in [0.717, 1.165) is 5.56 Å². The molecule has 1 aliphatic rings. The normalized spacial score (nSPS) is 15.5. The summed E-state index contributed by atoms with van der Waals surface area (Å²) in [7, 11) is 0. The second-order valence-electron chi connectivity index (χ2n) is 9.16. The predicted molar refractivity (Wildman–Crippen MR) is 148 cm³/mol. The minimum Gasteiger partial charge on any atom is -0.494 e. The van der Waals surface area contributed by atoms with Crippen LogP contribution in [0.3, 0.4) is 0 Å². The number of aromatic nitrogens is 2. The second kappa shape index (κ2) is 12.3. The highest BCUT2D eigenvalue weighted by Crippen LogP contribution is 2.27. The SMILES string of the molecule is CCOC(=O)C1CCCN(c2nc3c(C)cccn3c(=O)c2C=C(C#N)C(=O)Nc2ccc(OCC)cc2)C1. The van der Waals surface area contributed by atoms with Gasteiger partial charge in [0.05, 0.1) is 24.7 Å². The molecule has 1 saturated heterocycles. The molecule has 10 nitrogen and oxygen atoms in total. The molecule has 3 heterocycles. The third kappa shape index (κ3) is 6.09. The maximum absolute atomic E-state index is 13.7. The van der Waals surface area contributed by atoms with E-state index in [2.05, 4.69) is 5.32 Å². The first-order chi connectivity index (χ1) is 18.9. The van der Waals surface area contributed by atoms with Crippen LogP contribution in [-0.4, -0.2) is 47.6 Å². The average Bonchev–Trinajstić information content (AvgIpc) is 2.94. The number of nitrogens with one attached hydrogen (secondary N) is 1. The van der Waals surface area contributed by atoms with Crippen molar-refractivity contribution in [2.45, 2.75) is 33.6 Å². The second-order valence-corrected chi connectivity index (χ2v) is 9.16. The number of anilines is 2. The smallest absolute Gasteiger partial charge is 0.310 e. The Kier molecular flexibility index (Phi) is 8.61. The molecule has 3 aromatic rings. The van der Waals surface area contributed by atoms with Crippen molar-refractivity contribution >= 4 is 35.1 Å². The first kappa shape index (κ1) is 27.4. The lowest BCUT2D eigenvalue weighted by atomic mass is 9.97. The van der Waals surface area contributed by atoms with Crippen molar-refractivity contribution < 1.29 is 19.1 Å². The molecule has 0 radical (unpaired) electrons. The number of nitriles is 1. The van der Waals surface area contributed by atoms with Crippen LogP contribution >= 0.6 is 0 Å². The number of carbonyl (C=O) groups is 2. The summed E-state index contributed by atoms with van der Waals surface area (Å²) in [5, 5.41) is 12.6. The van der Waals surface area contributed by atoms with E-state index in [0.29, 0.717) is 55.4 Å². The molecule has 39 heavy (non-hydrogen) atoms. The number of amides is 1. The average molecular weight is 530 g/mol. The number of carbonyl (C=O) groups excluding carboxylic acids is 2. The Morgan fingerprint density at radius 2 is 1.97 bits per heavy atom. The van der Waals surface area contributed by atoms with Gasteiger partial charge in [0, 0.05) is 25.0 Å². The van der Waals surface area contributed by atoms with Crippen LogP contribution in [0.4, 0.5) is 11.5 Å². The summed E-state index contributed by atoms with van der Waals surface area (Å²) in [6, 6.07) is 12.3. The first-order valence-electron chi connectivity index (χ1n) is 13.0. The summed E-state index contributed by atoms with van der Waals surface area (Å²) in [6.07, 6.45) is 4.24. The van der Waals surface area contributed by atoms with E-state index in [1.54, 1.807) is 43.5 Å². The molecular formula is C29H31N5O5. The van der Waals surface area contributed by atoms with Gasteiger partial charge in [0.2, 0.25) is 0 Å². The Labute approximate surface area is 226 Å². The highest BCUT2D eigenvalue weighted by molar-refractivity contribution is 6.10. The maximum Gasteiger partial charge on any atom is 0.310 e. The zero-order valence-electron chi connectivity index (χ0n) is 22.3. The fourth-order valence-corrected chi connectivity index (χ4v) is 4.58. The van der Waals surface area contributed by atoms with Gasteiger partial charge in [-0.15, -0.1) is 0 Å². The number of fused-ring (bicyclic) bond motifs is 1. The minimum absolute atomic E-state index is 0.0982. The molecule has 1 atom stereocenters. The van der Waals surface area contributed by atoms with Crippen molar-refractivity contribution in [3.05, 3.63) is 69.6 Å². The van der Waals surface area contributed by atoms with Crippen LogP contribution in [0.5, 0.6) is 5.75 Å². The summed E-state index contributed by atoms with van der Waals surface area (Å²) in [6.45, 7) is 7.16. The van der Waals surface area contributed by atoms with Crippen molar-refractivity contribution in [3.63, 3.8) is 0 Å². The van der Waals surface area contributed by atoms with Crippen LogP contribution < -0.4 is 20.5 Å². The number of benzene rings is 1. The van der Waals surface area contributed by atoms with E-state index in [4.69, 9.17) is 14.5 Å². The number of pyridine rings is 1. The van der Waals surface area contributed by atoms with Crippen molar-refractivity contribution in [2.24, 2.45) is 5.92 Å². The van der Waals surface area contributed by atoms with Gasteiger partial charge >= 0.3 is 5.97 Å². The lowest BCUT2D eigenvalue weighted by Gasteiger charge is -2.33. The van der Waals surface area contributed by atoms with Gasteiger partial charge in [-0.3, -0.25) is 18.8 Å². The van der Waals surface area contributed by atoms with Crippen molar-refractivity contribution in [1.29, 1.82) is 5.26 Å². The molecule has 10 heteroatoms. The lowest BCUT2D eigenvalue weighted by Crippen LogP contribution is -2.41. The molecular weight excluding hydrogens is 498 g/mol. The van der Waals surface area contributed by atoms with Crippen LogP contribution in [0, 0.1) is 24.2 Å². The molecule has 1 N–H and O–H groups in total. The fourth-order valence-electron chi connectivity index (χ4n) is 4.58. The summed E-state index contributed by atoms with van der Waals surface area (Å²) in [5.74, 6) is -0.342. The molecule has 4 rings (SSSR count). The highest BCUT2D eigenvalue weighted by Gasteiger charge is 2.30. The Bertz CT molecular complexity index is 1500. The molecule has 202 valence electrons. The topological polar surface area (TPSA) is 126 Å². The number of nitrogens with zero attached hydrogens (tertiary/aromatic N) is 4. The van der Waals surface area contributed by atoms with E-state index in [1.807, 2.05) is 30.9 Å². The molecule has 1 fully saturated rings. The van der Waals surface area contributed by atoms with E-state index in [9.17, 15) is 19.6 Å². The third-order valence-corrected chi connectivity index (χ3v) is 6.48. The van der Waals surface area contributed by atoms with E-state index < -0.39 is 11.5 Å². The van der Waals surface area contributed by atoms with E-state index >= 15 is 0 Å². The summed E-state index contributed by atoms with van der Waals surface area (Å²) >= 11 is 0. The standard InChI is InChI=1S/C29H31N5O5/c1-4-38-23-12-10-22(11-13-23)31-27(35)21(17-30)16-24-26(32-25-19(3)8-6-15-34(25)28(24)36)33-14-7-9-20(18-33)29(37)39-5-2/h6,8,10-13,15-16,20H,4-5,7,9,14,18H2,1-3H3,(H,31,35). The van der Waals surface area contributed by atoms with Crippen molar-refractivity contribution in [2.75, 3.05) is 36.5 Å². The Balaban J connectivity index is 1.75. The summed E-state index contributed by atoms with van der Waals surface area (Å²) in [5.41, 5.74) is 1.15. The number of piperidine rings is 1. The molecule has 1 aliphatic heterocycles. The van der Waals surface area contributed by atoms with Gasteiger partial charge in [-0.05, 0) is 75.6 Å². The van der Waals surface area contributed by atoms with E-state index in [1.165, 1.54) is 10.5 Å². The Morgan fingerprint density at radius 1 is 1.21 bits per heavy atom. The summed E-state index contributed by atoms with van der Waals surface area (Å²) in [4.78, 5) is 45.9. The molecule has 2 aromatic heterocycles. The van der Waals surface area contributed by atoms with Crippen molar-refractivity contribution in [1.82, 2.24) is 9.38 Å². The summed E-state index contributed by atoms with van der Waals surface area (Å²) < 4.78 is 12.1.